The minimum atomic E-state index is -2.30. The van der Waals surface area contributed by atoms with E-state index in [1.54, 1.807) is 27.7 Å². The summed E-state index contributed by atoms with van der Waals surface area (Å²) >= 11 is 0. The van der Waals surface area contributed by atoms with Gasteiger partial charge in [-0.1, -0.05) is 18.1 Å². The molecule has 10 nitrogen and oxygen atoms in total. The van der Waals surface area contributed by atoms with Gasteiger partial charge in [0.2, 0.25) is 11.8 Å². The molecule has 1 aliphatic rings. The first-order valence-corrected chi connectivity index (χ1v) is 13.7. The predicted molar refractivity (Wildman–Crippen MR) is 153 cm³/mol. The van der Waals surface area contributed by atoms with E-state index in [0.29, 0.717) is 38.0 Å². The molecule has 4 rings (SSSR count). The summed E-state index contributed by atoms with van der Waals surface area (Å²) in [5.74, 6) is -4.65. The molecule has 3 aromatic rings. The quantitative estimate of drug-likeness (QED) is 0.194. The highest BCUT2D eigenvalue weighted by Gasteiger charge is 2.29. The molecule has 44 heavy (non-hydrogen) atoms. The van der Waals surface area contributed by atoms with Gasteiger partial charge in [-0.05, 0) is 40.5 Å². The van der Waals surface area contributed by atoms with Crippen LogP contribution in [0.25, 0.3) is 17.2 Å². The fourth-order valence-corrected chi connectivity index (χ4v) is 4.87. The third kappa shape index (κ3) is 6.34. The molecule has 0 spiro atoms. The first-order chi connectivity index (χ1) is 20.7. The number of nitrogens with one attached hydrogen (secondary N) is 1. The number of rotatable bonds is 6. The molecule has 0 aliphatic carbocycles. The predicted octanol–water partition coefficient (Wildman–Crippen LogP) is 3.82. The number of amides is 1. The lowest BCUT2D eigenvalue weighted by Crippen LogP contribution is -2.49. The number of anilines is 1. The van der Waals surface area contributed by atoms with Crippen LogP contribution in [0.5, 0.6) is 0 Å². The van der Waals surface area contributed by atoms with Crippen molar-refractivity contribution in [2.45, 2.75) is 65.3 Å². The lowest BCUT2D eigenvalue weighted by atomic mass is 10.1. The Kier molecular flexibility index (Phi) is 9.22. The van der Waals surface area contributed by atoms with Crippen LogP contribution in [0.2, 0.25) is 0 Å². The molecule has 1 saturated heterocycles. The number of imidazole rings is 1. The summed E-state index contributed by atoms with van der Waals surface area (Å²) in [4.78, 5) is 45.6. The molecule has 1 N–H and O–H groups in total. The summed E-state index contributed by atoms with van der Waals surface area (Å²) in [5.41, 5.74) is -3.46. The van der Waals surface area contributed by atoms with E-state index in [1.807, 2.05) is 4.90 Å². The largest absolute Gasteiger partial charge is 0.444 e. The third-order valence-electron chi connectivity index (χ3n) is 6.87. The van der Waals surface area contributed by atoms with Crippen molar-refractivity contribution >= 4 is 29.3 Å². The highest BCUT2D eigenvalue weighted by molar-refractivity contribution is 5.75. The summed E-state index contributed by atoms with van der Waals surface area (Å²) in [6, 6.07) is -0.295. The second-order valence-corrected chi connectivity index (χ2v) is 11.2. The lowest BCUT2D eigenvalue weighted by molar-refractivity contribution is 0.0499. The molecule has 1 aliphatic heterocycles. The average molecular weight is 623 g/mol. The van der Waals surface area contributed by atoms with Crippen LogP contribution in [0, 0.1) is 40.9 Å². The van der Waals surface area contributed by atoms with Gasteiger partial charge in [-0.25, -0.2) is 31.5 Å². The monoisotopic (exact) mass is 622 g/mol. The minimum absolute atomic E-state index is 0.0108. The van der Waals surface area contributed by atoms with Gasteiger partial charge in [-0.2, -0.15) is 4.98 Å². The van der Waals surface area contributed by atoms with Crippen molar-refractivity contribution in [3.63, 3.8) is 0 Å². The van der Waals surface area contributed by atoms with Crippen molar-refractivity contribution < 1.29 is 31.5 Å². The van der Waals surface area contributed by atoms with Crippen LogP contribution in [-0.4, -0.2) is 49.5 Å². The van der Waals surface area contributed by atoms with Gasteiger partial charge in [-0.15, -0.1) is 5.92 Å². The summed E-state index contributed by atoms with van der Waals surface area (Å²) in [6.45, 7) is 7.20. The van der Waals surface area contributed by atoms with Crippen LogP contribution in [0.1, 0.15) is 46.1 Å². The fourth-order valence-electron chi connectivity index (χ4n) is 4.87. The Labute approximate surface area is 248 Å². The van der Waals surface area contributed by atoms with Gasteiger partial charge >= 0.3 is 11.8 Å². The van der Waals surface area contributed by atoms with E-state index in [0.717, 1.165) is 15.2 Å². The molecule has 1 aromatic carbocycles. The summed E-state index contributed by atoms with van der Waals surface area (Å²) in [5, 5.41) is 2.85. The van der Waals surface area contributed by atoms with Crippen molar-refractivity contribution in [1.29, 1.82) is 0 Å². The summed E-state index contributed by atoms with van der Waals surface area (Å²) < 4.78 is 77.6. The minimum Gasteiger partial charge on any atom is -0.444 e. The third-order valence-corrected chi connectivity index (χ3v) is 6.87. The number of allylic oxidation sites excluding steroid dienone is 1. The van der Waals surface area contributed by atoms with Gasteiger partial charge < -0.3 is 15.0 Å². The Morgan fingerprint density at radius 2 is 1.70 bits per heavy atom. The number of benzene rings is 1. The number of nitrogens with zero attached hydrogens (tertiary/aromatic N) is 5. The number of carbonyl (C=O) groups excluding carboxylic acids is 1. The van der Waals surface area contributed by atoms with Crippen LogP contribution in [0.3, 0.4) is 0 Å². The number of carbonyl (C=O) groups is 1. The number of aromatic nitrogens is 4. The Hall–Kier alpha value is -4.61. The van der Waals surface area contributed by atoms with Gasteiger partial charge in [0.1, 0.15) is 5.60 Å². The van der Waals surface area contributed by atoms with Crippen molar-refractivity contribution in [3.05, 3.63) is 61.6 Å². The van der Waals surface area contributed by atoms with Crippen molar-refractivity contribution in [1.82, 2.24) is 24.0 Å². The zero-order valence-electron chi connectivity index (χ0n) is 24.7. The fraction of sp³-hybridized carbons (Fsp3) is 0.448. The number of piperidine rings is 1. The number of halogens is 5. The van der Waals surface area contributed by atoms with Crippen LogP contribution in [0.4, 0.5) is 32.7 Å². The maximum atomic E-state index is 14.1. The normalized spacial score (nSPS) is 15.5. The number of hydrogen-bond donors (Lipinski definition) is 1. The molecule has 0 radical (unpaired) electrons. The first kappa shape index (κ1) is 32.3. The zero-order chi connectivity index (χ0) is 32.5. The van der Waals surface area contributed by atoms with Crippen LogP contribution in [0.15, 0.2) is 15.7 Å². The molecule has 1 amide bonds. The molecule has 2 aromatic heterocycles. The molecular formula is C29H31F5N6O4. The zero-order valence-corrected chi connectivity index (χ0v) is 24.7. The first-order valence-electron chi connectivity index (χ1n) is 13.7. The maximum Gasteiger partial charge on any atom is 0.407 e. The number of aryl methyl sites for hydroxylation is 1. The van der Waals surface area contributed by atoms with E-state index in [-0.39, 0.29) is 23.8 Å². The molecular weight excluding hydrogens is 591 g/mol. The highest BCUT2D eigenvalue weighted by atomic mass is 19.2. The summed E-state index contributed by atoms with van der Waals surface area (Å²) in [7, 11) is 1.38. The molecule has 1 fully saturated rings. The Balaban J connectivity index is 1.73. The van der Waals surface area contributed by atoms with Crippen LogP contribution < -0.4 is 21.5 Å². The second kappa shape index (κ2) is 12.6. The van der Waals surface area contributed by atoms with Crippen molar-refractivity contribution in [2.75, 3.05) is 18.0 Å². The smallest absolute Gasteiger partial charge is 0.407 e. The number of hydrogen-bond acceptors (Lipinski definition) is 6. The van der Waals surface area contributed by atoms with Gasteiger partial charge in [-0.3, -0.25) is 18.5 Å². The molecule has 0 saturated carbocycles. The van der Waals surface area contributed by atoms with E-state index in [1.165, 1.54) is 11.6 Å². The molecule has 15 heteroatoms. The molecule has 0 unspecified atom stereocenters. The van der Waals surface area contributed by atoms with E-state index in [4.69, 9.17) is 4.74 Å². The number of alkyl carbamates (subject to hydrolysis) is 1. The van der Waals surface area contributed by atoms with Gasteiger partial charge in [0.05, 0.1) is 12.1 Å². The van der Waals surface area contributed by atoms with Gasteiger partial charge in [0.15, 0.2) is 34.4 Å². The number of fused-ring (bicyclic) bond motifs is 1. The van der Waals surface area contributed by atoms with E-state index < -0.39 is 64.1 Å². The van der Waals surface area contributed by atoms with Gasteiger partial charge in [0, 0.05) is 32.7 Å². The van der Waals surface area contributed by atoms with Crippen molar-refractivity contribution in [3.8, 4) is 11.8 Å². The maximum absolute atomic E-state index is 14.1. The average Bonchev–Trinajstić information content (AvgIpc) is 3.35. The van der Waals surface area contributed by atoms with E-state index >= 15 is 0 Å². The SMILES string of the molecule is CC#CCn1c(N2CCC[C@@H](NC(=O)OC(C)(C)C)C2)nc2c1c(=O)n(CC=Cc1c(F)c(F)c(F)c(F)c1F)c(=O)n2C. The van der Waals surface area contributed by atoms with Gasteiger partial charge in [0.25, 0.3) is 5.56 Å². The van der Waals surface area contributed by atoms with Crippen LogP contribution in [-0.2, 0) is 24.9 Å². The molecule has 3 heterocycles. The topological polar surface area (TPSA) is 103 Å². The molecule has 0 bridgehead atoms. The Morgan fingerprint density at radius 1 is 1.07 bits per heavy atom. The molecule has 1 atom stereocenters. The Bertz CT molecular complexity index is 1800. The number of ether oxygens (including phenoxy) is 1. The lowest BCUT2D eigenvalue weighted by Gasteiger charge is -2.34. The van der Waals surface area contributed by atoms with E-state index in [9.17, 15) is 36.3 Å². The van der Waals surface area contributed by atoms with E-state index in [2.05, 4.69) is 22.1 Å². The second-order valence-electron chi connectivity index (χ2n) is 11.2. The van der Waals surface area contributed by atoms with Crippen molar-refractivity contribution in [2.24, 2.45) is 7.05 Å². The standard InChI is InChI=1S/C29H31F5N6O4/c1-6-7-13-39-23-24(36-26(39)38-12-8-10-16(15-38)35-27(42)44-29(2,3)4)37(5)28(43)40(25(23)41)14-9-11-17-18(30)20(32)22(34)21(33)19(17)31/h9,11,16H,8,10,12-15H2,1-5H3,(H,35,42)/t16-/m1/s1. The van der Waals surface area contributed by atoms with Crippen LogP contribution >= 0.6 is 0 Å². The molecule has 236 valence electrons. The summed E-state index contributed by atoms with van der Waals surface area (Å²) in [6.07, 6.45) is 2.33. The highest BCUT2D eigenvalue weighted by Crippen LogP contribution is 2.25. The Morgan fingerprint density at radius 3 is 2.32 bits per heavy atom.